The Morgan fingerprint density at radius 2 is 1.88 bits per heavy atom. The van der Waals surface area contributed by atoms with Gasteiger partial charge in [-0.15, -0.1) is 0 Å². The lowest BCUT2D eigenvalue weighted by molar-refractivity contribution is -0.154. The van der Waals surface area contributed by atoms with Crippen molar-refractivity contribution >= 4 is 5.97 Å². The molecule has 0 bridgehead atoms. The minimum absolute atomic E-state index is 0.211. The summed E-state index contributed by atoms with van der Waals surface area (Å²) in [4.78, 5) is 11.6. The van der Waals surface area contributed by atoms with Gasteiger partial charge in [-0.1, -0.05) is 32.6 Å². The third kappa shape index (κ3) is 2.97. The summed E-state index contributed by atoms with van der Waals surface area (Å²) in [5.74, 6) is -0.388. The number of ether oxygens (including phenoxy) is 1. The van der Waals surface area contributed by atoms with Crippen LogP contribution in [0, 0.1) is 11.3 Å². The molecule has 94 valence electrons. The molecule has 0 amide bonds. The summed E-state index contributed by atoms with van der Waals surface area (Å²) in [6, 6.07) is 0. The SMILES string of the molecule is COCCC(C)C1(C(=O)O)CCCCCC1. The molecule has 0 saturated heterocycles. The van der Waals surface area contributed by atoms with Gasteiger partial charge in [0.2, 0.25) is 0 Å². The summed E-state index contributed by atoms with van der Waals surface area (Å²) in [5, 5.41) is 9.54. The summed E-state index contributed by atoms with van der Waals surface area (Å²) < 4.78 is 5.07. The number of aliphatic carboxylic acids is 1. The second-order valence-electron chi connectivity index (χ2n) is 5.06. The lowest BCUT2D eigenvalue weighted by atomic mass is 9.69. The number of carbonyl (C=O) groups is 1. The van der Waals surface area contributed by atoms with Gasteiger partial charge in [-0.05, 0) is 25.2 Å². The quantitative estimate of drug-likeness (QED) is 0.735. The largest absolute Gasteiger partial charge is 0.481 e. The molecule has 0 heterocycles. The van der Waals surface area contributed by atoms with Gasteiger partial charge in [0, 0.05) is 13.7 Å². The van der Waals surface area contributed by atoms with Crippen LogP contribution in [-0.4, -0.2) is 24.8 Å². The Kier molecular flexibility index (Phi) is 5.26. The fourth-order valence-electron chi connectivity index (χ4n) is 2.85. The van der Waals surface area contributed by atoms with Gasteiger partial charge in [0.1, 0.15) is 0 Å². The van der Waals surface area contributed by atoms with Crippen LogP contribution in [0.3, 0.4) is 0 Å². The van der Waals surface area contributed by atoms with Crippen LogP contribution in [0.4, 0.5) is 0 Å². The molecule has 1 aliphatic carbocycles. The average molecular weight is 228 g/mol. The molecule has 1 aliphatic rings. The predicted molar refractivity (Wildman–Crippen MR) is 63.4 cm³/mol. The second kappa shape index (κ2) is 6.24. The molecule has 1 N–H and O–H groups in total. The van der Waals surface area contributed by atoms with Gasteiger partial charge in [-0.25, -0.2) is 0 Å². The third-order valence-electron chi connectivity index (χ3n) is 4.12. The first-order chi connectivity index (χ1) is 7.63. The smallest absolute Gasteiger partial charge is 0.309 e. The second-order valence-corrected chi connectivity index (χ2v) is 5.06. The summed E-state index contributed by atoms with van der Waals surface area (Å²) in [6.07, 6.45) is 7.02. The summed E-state index contributed by atoms with van der Waals surface area (Å²) in [7, 11) is 1.67. The van der Waals surface area contributed by atoms with E-state index in [2.05, 4.69) is 6.92 Å². The summed E-state index contributed by atoms with van der Waals surface area (Å²) in [5.41, 5.74) is -0.491. The molecule has 0 radical (unpaired) electrons. The van der Waals surface area contributed by atoms with Crippen LogP contribution in [0.2, 0.25) is 0 Å². The number of methoxy groups -OCH3 is 1. The van der Waals surface area contributed by atoms with E-state index in [9.17, 15) is 9.90 Å². The number of carboxylic acids is 1. The third-order valence-corrected chi connectivity index (χ3v) is 4.12. The standard InChI is InChI=1S/C13H24O3/c1-11(7-10-16-2)13(12(14)15)8-5-3-4-6-9-13/h11H,3-10H2,1-2H3,(H,14,15). The Hall–Kier alpha value is -0.570. The molecule has 3 nitrogen and oxygen atoms in total. The molecule has 0 aliphatic heterocycles. The minimum atomic E-state index is -0.599. The van der Waals surface area contributed by atoms with Gasteiger partial charge in [0.25, 0.3) is 0 Å². The van der Waals surface area contributed by atoms with Crippen LogP contribution in [0.15, 0.2) is 0 Å². The molecule has 0 aromatic rings. The maximum Gasteiger partial charge on any atom is 0.309 e. The fraction of sp³-hybridized carbons (Fsp3) is 0.923. The zero-order valence-corrected chi connectivity index (χ0v) is 10.5. The van der Waals surface area contributed by atoms with E-state index in [1.54, 1.807) is 7.11 Å². The van der Waals surface area contributed by atoms with Gasteiger partial charge in [-0.2, -0.15) is 0 Å². The highest BCUT2D eigenvalue weighted by Crippen LogP contribution is 2.43. The molecule has 1 fully saturated rings. The summed E-state index contributed by atoms with van der Waals surface area (Å²) in [6.45, 7) is 2.73. The van der Waals surface area contributed by atoms with Crippen molar-refractivity contribution < 1.29 is 14.6 Å². The van der Waals surface area contributed by atoms with Crippen molar-refractivity contribution in [3.63, 3.8) is 0 Å². The van der Waals surface area contributed by atoms with E-state index >= 15 is 0 Å². The van der Waals surface area contributed by atoms with Crippen molar-refractivity contribution in [2.75, 3.05) is 13.7 Å². The molecule has 0 spiro atoms. The van der Waals surface area contributed by atoms with Crippen LogP contribution in [-0.2, 0) is 9.53 Å². The van der Waals surface area contributed by atoms with Gasteiger partial charge in [-0.3, -0.25) is 4.79 Å². The first kappa shape index (κ1) is 13.5. The Balaban J connectivity index is 2.72. The Morgan fingerprint density at radius 1 is 1.31 bits per heavy atom. The lowest BCUT2D eigenvalue weighted by Gasteiger charge is -2.34. The number of hydrogen-bond acceptors (Lipinski definition) is 2. The molecule has 0 aromatic heterocycles. The molecular formula is C13H24O3. The van der Waals surface area contributed by atoms with Crippen LogP contribution in [0.5, 0.6) is 0 Å². The van der Waals surface area contributed by atoms with Crippen LogP contribution in [0.25, 0.3) is 0 Å². The van der Waals surface area contributed by atoms with Crippen molar-refractivity contribution in [2.24, 2.45) is 11.3 Å². The van der Waals surface area contributed by atoms with E-state index in [-0.39, 0.29) is 5.92 Å². The minimum Gasteiger partial charge on any atom is -0.481 e. The average Bonchev–Trinajstić information content (AvgIpc) is 2.52. The molecule has 16 heavy (non-hydrogen) atoms. The van der Waals surface area contributed by atoms with Crippen molar-refractivity contribution in [1.29, 1.82) is 0 Å². The molecule has 1 rings (SSSR count). The number of carboxylic acid groups (broad SMARTS) is 1. The summed E-state index contributed by atoms with van der Waals surface area (Å²) >= 11 is 0. The fourth-order valence-corrected chi connectivity index (χ4v) is 2.85. The normalized spacial score (nSPS) is 22.4. The van der Waals surface area contributed by atoms with E-state index in [1.807, 2.05) is 0 Å². The lowest BCUT2D eigenvalue weighted by Crippen LogP contribution is -2.37. The van der Waals surface area contributed by atoms with E-state index in [1.165, 1.54) is 12.8 Å². The van der Waals surface area contributed by atoms with Crippen molar-refractivity contribution in [1.82, 2.24) is 0 Å². The zero-order chi connectivity index (χ0) is 12.0. The van der Waals surface area contributed by atoms with E-state index < -0.39 is 11.4 Å². The van der Waals surface area contributed by atoms with Gasteiger partial charge in [0.05, 0.1) is 5.41 Å². The van der Waals surface area contributed by atoms with E-state index in [0.717, 1.165) is 32.1 Å². The van der Waals surface area contributed by atoms with E-state index in [0.29, 0.717) is 6.61 Å². The maximum atomic E-state index is 11.6. The highest BCUT2D eigenvalue weighted by Gasteiger charge is 2.42. The monoisotopic (exact) mass is 228 g/mol. The Labute approximate surface area is 98.2 Å². The van der Waals surface area contributed by atoms with Crippen molar-refractivity contribution in [3.05, 3.63) is 0 Å². The van der Waals surface area contributed by atoms with Crippen LogP contribution < -0.4 is 0 Å². The van der Waals surface area contributed by atoms with Crippen LogP contribution >= 0.6 is 0 Å². The predicted octanol–water partition coefficient (Wildman–Crippen LogP) is 3.08. The highest BCUT2D eigenvalue weighted by atomic mass is 16.5. The van der Waals surface area contributed by atoms with Gasteiger partial charge >= 0.3 is 5.97 Å². The first-order valence-electron chi connectivity index (χ1n) is 6.36. The maximum absolute atomic E-state index is 11.6. The van der Waals surface area contributed by atoms with Crippen molar-refractivity contribution in [2.45, 2.75) is 51.9 Å². The molecule has 0 aromatic carbocycles. The number of rotatable bonds is 5. The van der Waals surface area contributed by atoms with Gasteiger partial charge in [0.15, 0.2) is 0 Å². The Bertz CT molecular complexity index is 217. The topological polar surface area (TPSA) is 46.5 Å². The van der Waals surface area contributed by atoms with E-state index in [4.69, 9.17) is 4.74 Å². The van der Waals surface area contributed by atoms with Crippen LogP contribution in [0.1, 0.15) is 51.9 Å². The molecule has 1 unspecified atom stereocenters. The number of hydrogen-bond donors (Lipinski definition) is 1. The van der Waals surface area contributed by atoms with Crippen molar-refractivity contribution in [3.8, 4) is 0 Å². The zero-order valence-electron chi connectivity index (χ0n) is 10.5. The molecule has 1 atom stereocenters. The molecule has 1 saturated carbocycles. The molecule has 3 heteroatoms. The Morgan fingerprint density at radius 3 is 2.31 bits per heavy atom. The van der Waals surface area contributed by atoms with Gasteiger partial charge < -0.3 is 9.84 Å². The molecular weight excluding hydrogens is 204 g/mol. The first-order valence-corrected chi connectivity index (χ1v) is 6.36. The highest BCUT2D eigenvalue weighted by molar-refractivity contribution is 5.75.